The lowest BCUT2D eigenvalue weighted by molar-refractivity contribution is -0.113. The zero-order valence-electron chi connectivity index (χ0n) is 17.9. The van der Waals surface area contributed by atoms with Gasteiger partial charge in [0.1, 0.15) is 10.6 Å². The monoisotopic (exact) mass is 506 g/mol. The van der Waals surface area contributed by atoms with Crippen molar-refractivity contribution in [3.63, 3.8) is 0 Å². The summed E-state index contributed by atoms with van der Waals surface area (Å²) in [6.45, 7) is 1.92. The van der Waals surface area contributed by atoms with Crippen molar-refractivity contribution in [1.82, 2.24) is 9.13 Å². The van der Waals surface area contributed by atoms with Crippen molar-refractivity contribution in [3.05, 3.63) is 84.5 Å². The van der Waals surface area contributed by atoms with Crippen LogP contribution in [0.15, 0.2) is 57.0 Å². The quantitative estimate of drug-likeness (QED) is 0.403. The van der Waals surface area contributed by atoms with Gasteiger partial charge in [0.25, 0.3) is 5.56 Å². The van der Waals surface area contributed by atoms with E-state index in [1.165, 1.54) is 20.2 Å². The van der Waals surface area contributed by atoms with Crippen molar-refractivity contribution >= 4 is 57.3 Å². The highest BCUT2D eigenvalue weighted by atomic mass is 35.5. The summed E-state index contributed by atoms with van der Waals surface area (Å²) in [6.07, 6.45) is 0. The smallest absolute Gasteiger partial charge is 0.333 e. The highest BCUT2D eigenvalue weighted by Crippen LogP contribution is 2.26. The van der Waals surface area contributed by atoms with Gasteiger partial charge in [-0.2, -0.15) is 0 Å². The number of benzene rings is 2. The number of hydrogen-bond donors (Lipinski definition) is 2. The molecule has 3 aromatic rings. The molecule has 0 atom stereocenters. The van der Waals surface area contributed by atoms with Gasteiger partial charge in [-0.25, -0.2) is 9.79 Å². The number of hydrogen-bond acceptors (Lipinski definition) is 6. The molecule has 0 radical (unpaired) electrons. The number of aryl methyl sites for hydroxylation is 1. The molecule has 1 heterocycles. The number of carbonyl (C=O) groups excluding carboxylic acids is 1. The van der Waals surface area contributed by atoms with Crippen LogP contribution < -0.4 is 16.6 Å². The molecule has 172 valence electrons. The summed E-state index contributed by atoms with van der Waals surface area (Å²) in [5, 5.41) is 14.0. The molecule has 2 N–H and O–H groups in total. The summed E-state index contributed by atoms with van der Waals surface area (Å²) < 4.78 is 1.81. The van der Waals surface area contributed by atoms with Crippen molar-refractivity contribution in [3.8, 4) is 5.88 Å². The minimum Gasteiger partial charge on any atom is -0.494 e. The Balaban J connectivity index is 1.96. The van der Waals surface area contributed by atoms with Crippen LogP contribution in [0.2, 0.25) is 10.0 Å². The maximum Gasteiger partial charge on any atom is 0.333 e. The summed E-state index contributed by atoms with van der Waals surface area (Å²) in [5.74, 6) is -1.06. The van der Waals surface area contributed by atoms with Crippen molar-refractivity contribution in [1.29, 1.82) is 0 Å². The fourth-order valence-corrected chi connectivity index (χ4v) is 3.95. The number of thioether (sulfide) groups is 1. The Hall–Kier alpha value is -3.01. The Morgan fingerprint density at radius 2 is 1.73 bits per heavy atom. The number of aromatic nitrogens is 2. The predicted molar refractivity (Wildman–Crippen MR) is 134 cm³/mol. The van der Waals surface area contributed by atoms with E-state index in [9.17, 15) is 19.5 Å². The summed E-state index contributed by atoms with van der Waals surface area (Å²) in [7, 11) is 2.64. The third-order valence-electron chi connectivity index (χ3n) is 4.66. The number of amides is 1. The van der Waals surface area contributed by atoms with Gasteiger partial charge in [-0.3, -0.25) is 18.7 Å². The standard InChI is InChI=1S/C22H20Cl2N4O4S/c1-12-4-6-13(7-5-12)26-19(18-20(30)27(2)22(32)28(3)21(18)31)33-11-17(29)25-14-8-9-15(23)16(24)10-14/h4-10,30H,11H2,1-3H3,(H,25,29). The largest absolute Gasteiger partial charge is 0.494 e. The van der Waals surface area contributed by atoms with Gasteiger partial charge in [-0.05, 0) is 37.3 Å². The van der Waals surface area contributed by atoms with E-state index in [1.54, 1.807) is 24.3 Å². The number of aliphatic imine (C=N–C) groups is 1. The Morgan fingerprint density at radius 1 is 1.06 bits per heavy atom. The fraction of sp³-hybridized carbons (Fsp3) is 0.182. The molecule has 0 fully saturated rings. The first-order valence-corrected chi connectivity index (χ1v) is 11.3. The summed E-state index contributed by atoms with van der Waals surface area (Å²) in [6, 6.07) is 11.9. The van der Waals surface area contributed by atoms with Crippen LogP contribution in [-0.4, -0.2) is 30.9 Å². The lowest BCUT2D eigenvalue weighted by Gasteiger charge is -2.13. The first-order valence-electron chi connectivity index (χ1n) is 9.61. The fourth-order valence-electron chi connectivity index (χ4n) is 2.82. The van der Waals surface area contributed by atoms with Gasteiger partial charge in [0.2, 0.25) is 11.8 Å². The average molecular weight is 507 g/mol. The molecular formula is C22H20Cl2N4O4S. The molecule has 0 spiro atoms. The molecular weight excluding hydrogens is 487 g/mol. The molecule has 33 heavy (non-hydrogen) atoms. The molecule has 0 unspecified atom stereocenters. The van der Waals surface area contributed by atoms with E-state index in [0.717, 1.165) is 26.5 Å². The Morgan fingerprint density at radius 3 is 2.36 bits per heavy atom. The SMILES string of the molecule is Cc1ccc(N=C(SCC(=O)Nc2ccc(Cl)c(Cl)c2)c2c(O)n(C)c(=O)n(C)c2=O)cc1. The second-order valence-corrected chi connectivity index (χ2v) is 8.90. The van der Waals surface area contributed by atoms with Gasteiger partial charge < -0.3 is 10.4 Å². The highest BCUT2D eigenvalue weighted by Gasteiger charge is 2.22. The minimum atomic E-state index is -0.723. The van der Waals surface area contributed by atoms with Crippen molar-refractivity contribution in [2.45, 2.75) is 6.92 Å². The lowest BCUT2D eigenvalue weighted by atomic mass is 10.2. The maximum absolute atomic E-state index is 12.8. The normalized spacial score (nSPS) is 11.5. The maximum atomic E-state index is 12.8. The van der Waals surface area contributed by atoms with Gasteiger partial charge in [0.15, 0.2) is 0 Å². The second-order valence-electron chi connectivity index (χ2n) is 7.12. The van der Waals surface area contributed by atoms with E-state index in [1.807, 2.05) is 19.1 Å². The van der Waals surface area contributed by atoms with E-state index in [4.69, 9.17) is 23.2 Å². The molecule has 1 aromatic heterocycles. The van der Waals surface area contributed by atoms with Crippen molar-refractivity contribution < 1.29 is 9.90 Å². The number of rotatable bonds is 5. The number of nitrogens with zero attached hydrogens (tertiary/aromatic N) is 3. The Labute approximate surface area is 203 Å². The predicted octanol–water partition coefficient (Wildman–Crippen LogP) is 3.86. The van der Waals surface area contributed by atoms with E-state index >= 15 is 0 Å². The summed E-state index contributed by atoms with van der Waals surface area (Å²) in [5.41, 5.74) is 0.408. The summed E-state index contributed by atoms with van der Waals surface area (Å²) >= 11 is 12.8. The number of nitrogens with one attached hydrogen (secondary N) is 1. The first kappa shape index (κ1) is 24.6. The topological polar surface area (TPSA) is 106 Å². The zero-order valence-corrected chi connectivity index (χ0v) is 20.3. The van der Waals surface area contributed by atoms with E-state index < -0.39 is 23.0 Å². The molecule has 2 aromatic carbocycles. The molecule has 11 heteroatoms. The molecule has 8 nitrogen and oxygen atoms in total. The number of anilines is 1. The minimum absolute atomic E-state index is 0.0943. The zero-order chi connectivity index (χ0) is 24.3. The Bertz CT molecular complexity index is 1360. The molecule has 1 amide bonds. The molecule has 0 saturated heterocycles. The molecule has 0 aliphatic carbocycles. The molecule has 0 aliphatic heterocycles. The molecule has 0 bridgehead atoms. The van der Waals surface area contributed by atoms with E-state index in [-0.39, 0.29) is 16.4 Å². The van der Waals surface area contributed by atoms with Crippen LogP contribution in [0.1, 0.15) is 11.1 Å². The van der Waals surface area contributed by atoms with E-state index in [2.05, 4.69) is 10.3 Å². The van der Waals surface area contributed by atoms with Gasteiger partial charge in [-0.15, -0.1) is 0 Å². The number of aromatic hydroxyl groups is 1. The highest BCUT2D eigenvalue weighted by molar-refractivity contribution is 8.15. The van der Waals surface area contributed by atoms with Gasteiger partial charge in [-0.1, -0.05) is 52.7 Å². The van der Waals surface area contributed by atoms with Gasteiger partial charge >= 0.3 is 5.69 Å². The first-order chi connectivity index (χ1) is 15.6. The van der Waals surface area contributed by atoms with Crippen LogP contribution in [0.4, 0.5) is 11.4 Å². The third kappa shape index (κ3) is 5.68. The van der Waals surface area contributed by atoms with Crippen LogP contribution in [0, 0.1) is 6.92 Å². The van der Waals surface area contributed by atoms with Crippen molar-refractivity contribution in [2.24, 2.45) is 19.1 Å². The van der Waals surface area contributed by atoms with E-state index in [0.29, 0.717) is 21.4 Å². The molecule has 3 rings (SSSR count). The Kier molecular flexibility index (Phi) is 7.68. The third-order valence-corrected chi connectivity index (χ3v) is 6.37. The van der Waals surface area contributed by atoms with Gasteiger partial charge in [0, 0.05) is 19.8 Å². The van der Waals surface area contributed by atoms with Crippen LogP contribution >= 0.6 is 35.0 Å². The number of halogens is 2. The van der Waals surface area contributed by atoms with Crippen LogP contribution in [0.5, 0.6) is 5.88 Å². The lowest BCUT2D eigenvalue weighted by Crippen LogP contribution is -2.39. The molecule has 0 aliphatic rings. The van der Waals surface area contributed by atoms with Crippen LogP contribution in [0.3, 0.4) is 0 Å². The second kappa shape index (κ2) is 10.3. The summed E-state index contributed by atoms with van der Waals surface area (Å²) in [4.78, 5) is 42.0. The average Bonchev–Trinajstić information content (AvgIpc) is 2.78. The molecule has 0 saturated carbocycles. The van der Waals surface area contributed by atoms with Crippen LogP contribution in [-0.2, 0) is 18.9 Å². The number of carbonyl (C=O) groups is 1. The van der Waals surface area contributed by atoms with Crippen molar-refractivity contribution in [2.75, 3.05) is 11.1 Å². The van der Waals surface area contributed by atoms with Gasteiger partial charge in [0.05, 0.1) is 21.5 Å². The van der Waals surface area contributed by atoms with Crippen LogP contribution in [0.25, 0.3) is 0 Å².